The van der Waals surface area contributed by atoms with Crippen LogP contribution in [0.5, 0.6) is 5.75 Å². The van der Waals surface area contributed by atoms with E-state index in [0.717, 1.165) is 0 Å². The molecule has 5 nitrogen and oxygen atoms in total. The summed E-state index contributed by atoms with van der Waals surface area (Å²) in [6, 6.07) is 5.81. The zero-order valence-corrected chi connectivity index (χ0v) is 8.17. The van der Waals surface area contributed by atoms with Crippen molar-refractivity contribution in [3.8, 4) is 5.75 Å². The van der Waals surface area contributed by atoms with Gasteiger partial charge in [-0.25, -0.2) is 4.79 Å². The van der Waals surface area contributed by atoms with Crippen LogP contribution in [0.4, 0.5) is 0 Å². The molecule has 82 valence electrons. The van der Waals surface area contributed by atoms with E-state index in [0.29, 0.717) is 0 Å². The summed E-state index contributed by atoms with van der Waals surface area (Å²) in [5.41, 5.74) is -0.0671. The van der Waals surface area contributed by atoms with Crippen molar-refractivity contribution in [3.63, 3.8) is 0 Å². The van der Waals surface area contributed by atoms with Crippen LogP contribution in [0.1, 0.15) is 23.7 Å². The first-order valence-electron chi connectivity index (χ1n) is 4.22. The molecule has 1 aromatic rings. The summed E-state index contributed by atoms with van der Waals surface area (Å²) in [5.74, 6) is -2.06. The lowest BCUT2D eigenvalue weighted by molar-refractivity contribution is -0.136. The van der Waals surface area contributed by atoms with Gasteiger partial charge in [-0.2, -0.15) is 0 Å². The standard InChI is InChI=1S/C7H6O3.C3H6O2/c8-6-4-2-1-3-5(6)7(9)10;1-2-3(4)5/h1-4,8H,(H,9,10);2H2,1H3,(H,4,5). The van der Waals surface area contributed by atoms with E-state index in [1.807, 2.05) is 0 Å². The van der Waals surface area contributed by atoms with Gasteiger partial charge in [0.25, 0.3) is 0 Å². The molecule has 0 aliphatic carbocycles. The quantitative estimate of drug-likeness (QED) is 0.691. The number of aromatic hydroxyl groups is 1. The van der Waals surface area contributed by atoms with Gasteiger partial charge in [0.05, 0.1) is 0 Å². The van der Waals surface area contributed by atoms with E-state index in [4.69, 9.17) is 15.3 Å². The maximum Gasteiger partial charge on any atom is 0.339 e. The molecule has 0 radical (unpaired) electrons. The molecule has 0 unspecified atom stereocenters. The lowest BCUT2D eigenvalue weighted by Gasteiger charge is -1.95. The van der Waals surface area contributed by atoms with Gasteiger partial charge in [-0.05, 0) is 12.1 Å². The van der Waals surface area contributed by atoms with Crippen molar-refractivity contribution in [2.24, 2.45) is 0 Å². The van der Waals surface area contributed by atoms with Crippen LogP contribution in [-0.4, -0.2) is 27.3 Å². The number of rotatable bonds is 2. The Morgan fingerprint density at radius 2 is 1.67 bits per heavy atom. The zero-order valence-electron chi connectivity index (χ0n) is 8.17. The maximum absolute atomic E-state index is 10.3. The summed E-state index contributed by atoms with van der Waals surface area (Å²) in [7, 11) is 0. The Morgan fingerprint density at radius 1 is 1.20 bits per heavy atom. The fraction of sp³-hybridized carbons (Fsp3) is 0.200. The molecule has 0 spiro atoms. The van der Waals surface area contributed by atoms with Crippen molar-refractivity contribution in [2.45, 2.75) is 13.3 Å². The molecule has 1 aromatic carbocycles. The van der Waals surface area contributed by atoms with Crippen LogP contribution in [-0.2, 0) is 4.79 Å². The normalized spacial score (nSPS) is 8.60. The summed E-state index contributed by atoms with van der Waals surface area (Å²) < 4.78 is 0. The van der Waals surface area contributed by atoms with E-state index in [2.05, 4.69) is 0 Å². The Balaban J connectivity index is 0.000000336. The van der Waals surface area contributed by atoms with E-state index in [9.17, 15) is 9.59 Å². The molecule has 1 rings (SSSR count). The highest BCUT2D eigenvalue weighted by atomic mass is 16.4. The number of carbonyl (C=O) groups is 2. The average molecular weight is 212 g/mol. The highest BCUT2D eigenvalue weighted by Gasteiger charge is 2.05. The predicted molar refractivity (Wildman–Crippen MR) is 53.0 cm³/mol. The number of aliphatic carboxylic acids is 1. The smallest absolute Gasteiger partial charge is 0.339 e. The van der Waals surface area contributed by atoms with Crippen molar-refractivity contribution in [2.75, 3.05) is 0 Å². The Labute approximate surface area is 86.6 Å². The molecule has 0 heterocycles. The lowest BCUT2D eigenvalue weighted by Crippen LogP contribution is -1.95. The molecular formula is C10H12O5. The molecule has 0 saturated heterocycles. The molecule has 3 N–H and O–H groups in total. The maximum atomic E-state index is 10.3. The minimum Gasteiger partial charge on any atom is -0.507 e. The number of hydrogen-bond acceptors (Lipinski definition) is 3. The van der Waals surface area contributed by atoms with Gasteiger partial charge in [0.15, 0.2) is 0 Å². The average Bonchev–Trinajstić information content (AvgIpc) is 2.19. The van der Waals surface area contributed by atoms with E-state index in [1.165, 1.54) is 12.1 Å². The van der Waals surface area contributed by atoms with Crippen LogP contribution < -0.4 is 0 Å². The van der Waals surface area contributed by atoms with Gasteiger partial charge in [0.1, 0.15) is 11.3 Å². The Hall–Kier alpha value is -2.04. The number of benzene rings is 1. The van der Waals surface area contributed by atoms with Gasteiger partial charge in [-0.15, -0.1) is 0 Å². The van der Waals surface area contributed by atoms with Crippen molar-refractivity contribution in [1.29, 1.82) is 0 Å². The van der Waals surface area contributed by atoms with Crippen LogP contribution in [0.2, 0.25) is 0 Å². The molecule has 0 atom stereocenters. The summed E-state index contributed by atoms with van der Waals surface area (Å²) in [4.78, 5) is 19.6. The van der Waals surface area contributed by atoms with Gasteiger partial charge in [0.2, 0.25) is 0 Å². The Kier molecular flexibility index (Phi) is 5.55. The molecule has 0 saturated carbocycles. The third-order valence-corrected chi connectivity index (χ3v) is 1.44. The van der Waals surface area contributed by atoms with Gasteiger partial charge < -0.3 is 15.3 Å². The predicted octanol–water partition coefficient (Wildman–Crippen LogP) is 1.57. The van der Waals surface area contributed by atoms with E-state index in [-0.39, 0.29) is 17.7 Å². The van der Waals surface area contributed by atoms with E-state index in [1.54, 1.807) is 19.1 Å². The van der Waals surface area contributed by atoms with Gasteiger partial charge in [-0.1, -0.05) is 19.1 Å². The number of aromatic carboxylic acids is 1. The van der Waals surface area contributed by atoms with E-state index >= 15 is 0 Å². The monoisotopic (exact) mass is 212 g/mol. The summed E-state index contributed by atoms with van der Waals surface area (Å²) in [5, 5.41) is 25.0. The second-order valence-electron chi connectivity index (χ2n) is 2.57. The molecule has 0 bridgehead atoms. The largest absolute Gasteiger partial charge is 0.507 e. The highest BCUT2D eigenvalue weighted by Crippen LogP contribution is 2.14. The number of para-hydroxylation sites is 1. The SMILES string of the molecule is CCC(=O)O.O=C(O)c1ccccc1O. The third kappa shape index (κ3) is 5.30. The summed E-state index contributed by atoms with van der Waals surface area (Å²) in [6.45, 7) is 1.60. The highest BCUT2D eigenvalue weighted by molar-refractivity contribution is 5.90. The van der Waals surface area contributed by atoms with E-state index < -0.39 is 11.9 Å². The molecular weight excluding hydrogens is 200 g/mol. The second-order valence-corrected chi connectivity index (χ2v) is 2.57. The fourth-order valence-electron chi connectivity index (χ4n) is 0.654. The number of carboxylic acids is 2. The van der Waals surface area contributed by atoms with Crippen molar-refractivity contribution >= 4 is 11.9 Å². The van der Waals surface area contributed by atoms with Crippen LogP contribution >= 0.6 is 0 Å². The number of phenols is 1. The molecule has 0 fully saturated rings. The van der Waals surface area contributed by atoms with Crippen LogP contribution in [0.3, 0.4) is 0 Å². The molecule has 0 aliphatic rings. The fourth-order valence-corrected chi connectivity index (χ4v) is 0.654. The Bertz CT molecular complexity index is 345. The lowest BCUT2D eigenvalue weighted by atomic mass is 10.2. The first-order valence-corrected chi connectivity index (χ1v) is 4.22. The molecule has 0 aromatic heterocycles. The topological polar surface area (TPSA) is 94.8 Å². The Morgan fingerprint density at radius 3 is 1.93 bits per heavy atom. The second kappa shape index (κ2) is 6.42. The van der Waals surface area contributed by atoms with Crippen molar-refractivity contribution < 1.29 is 24.9 Å². The molecule has 15 heavy (non-hydrogen) atoms. The van der Waals surface area contributed by atoms with Gasteiger partial charge in [0, 0.05) is 6.42 Å². The molecule has 5 heteroatoms. The van der Waals surface area contributed by atoms with Gasteiger partial charge in [-0.3, -0.25) is 4.79 Å². The minimum absolute atomic E-state index is 0.0671. The number of carboxylic acid groups (broad SMARTS) is 2. The van der Waals surface area contributed by atoms with Gasteiger partial charge >= 0.3 is 11.9 Å². The first-order chi connectivity index (χ1) is 6.99. The van der Waals surface area contributed by atoms with Crippen LogP contribution in [0.25, 0.3) is 0 Å². The summed E-state index contributed by atoms with van der Waals surface area (Å²) in [6.07, 6.45) is 0.222. The van der Waals surface area contributed by atoms with Crippen molar-refractivity contribution in [3.05, 3.63) is 29.8 Å². The van der Waals surface area contributed by atoms with Crippen molar-refractivity contribution in [1.82, 2.24) is 0 Å². The third-order valence-electron chi connectivity index (χ3n) is 1.44. The van der Waals surface area contributed by atoms with Crippen LogP contribution in [0, 0.1) is 0 Å². The van der Waals surface area contributed by atoms with Crippen LogP contribution in [0.15, 0.2) is 24.3 Å². The number of hydrogen-bond donors (Lipinski definition) is 3. The molecule has 0 aliphatic heterocycles. The summed E-state index contributed by atoms with van der Waals surface area (Å²) >= 11 is 0. The molecule has 0 amide bonds. The minimum atomic E-state index is -1.11. The first kappa shape index (κ1) is 13.0. The zero-order chi connectivity index (χ0) is 11.8.